The second-order valence-corrected chi connectivity index (χ2v) is 10.4. The molecule has 2 fully saturated rings. The molecule has 0 bridgehead atoms. The van der Waals surface area contributed by atoms with Gasteiger partial charge in [0.15, 0.2) is 9.84 Å². The summed E-state index contributed by atoms with van der Waals surface area (Å²) in [6.45, 7) is 6.15. The summed E-state index contributed by atoms with van der Waals surface area (Å²) in [7, 11) is -3.31. The van der Waals surface area contributed by atoms with E-state index in [0.29, 0.717) is 24.3 Å². The molecule has 0 spiro atoms. The van der Waals surface area contributed by atoms with E-state index in [2.05, 4.69) is 12.3 Å². The van der Waals surface area contributed by atoms with Crippen molar-refractivity contribution in [2.75, 3.05) is 12.4 Å². The minimum Gasteiger partial charge on any atom is -0.372 e. The summed E-state index contributed by atoms with van der Waals surface area (Å²) in [6, 6.07) is 8.58. The molecule has 5 nitrogen and oxygen atoms in total. The second-order valence-electron chi connectivity index (χ2n) is 7.67. The Morgan fingerprint density at radius 1 is 1.32 bits per heavy atom. The highest BCUT2D eigenvalue weighted by Crippen LogP contribution is 2.44. The van der Waals surface area contributed by atoms with Gasteiger partial charge in [0.2, 0.25) is 0 Å². The van der Waals surface area contributed by atoms with Gasteiger partial charge >= 0.3 is 0 Å². The lowest BCUT2D eigenvalue weighted by Crippen LogP contribution is -2.51. The van der Waals surface area contributed by atoms with Crippen LogP contribution in [-0.2, 0) is 22.4 Å². The summed E-state index contributed by atoms with van der Waals surface area (Å²) in [5.74, 6) is 0.0668. The summed E-state index contributed by atoms with van der Waals surface area (Å²) in [5, 5.41) is 0. The standard InChI is InChI=1S/C21H27IO5S/c1-3-16(2)13-17-9-10-20-21(27-17,15-25-22)14-18(26-20)11-12-28(23,24)19-7-5-4-6-8-19/h4-8,17-18,20H,1,9-15H2,2H3/t17-,18+,20+,21-/m1/s1. The number of hydrogen-bond acceptors (Lipinski definition) is 5. The lowest BCUT2D eigenvalue weighted by molar-refractivity contribution is -0.174. The Morgan fingerprint density at radius 3 is 2.75 bits per heavy atom. The van der Waals surface area contributed by atoms with E-state index in [-0.39, 0.29) is 24.1 Å². The predicted octanol–water partition coefficient (Wildman–Crippen LogP) is 4.41. The van der Waals surface area contributed by atoms with Gasteiger partial charge in [-0.05, 0) is 43.9 Å². The fourth-order valence-corrected chi connectivity index (χ4v) is 6.05. The topological polar surface area (TPSA) is 61.8 Å². The van der Waals surface area contributed by atoms with Gasteiger partial charge in [0, 0.05) is 12.8 Å². The van der Waals surface area contributed by atoms with E-state index in [9.17, 15) is 8.42 Å². The minimum atomic E-state index is -3.31. The molecule has 0 saturated carbocycles. The molecule has 154 valence electrons. The van der Waals surface area contributed by atoms with Gasteiger partial charge in [-0.15, -0.1) is 5.73 Å². The third kappa shape index (κ3) is 5.07. The van der Waals surface area contributed by atoms with Crippen molar-refractivity contribution >= 4 is 32.8 Å². The zero-order valence-electron chi connectivity index (χ0n) is 16.1. The van der Waals surface area contributed by atoms with Crippen molar-refractivity contribution in [1.82, 2.24) is 0 Å². The van der Waals surface area contributed by atoms with E-state index in [1.807, 2.05) is 36.0 Å². The van der Waals surface area contributed by atoms with E-state index in [0.717, 1.165) is 24.8 Å². The lowest BCUT2D eigenvalue weighted by Gasteiger charge is -2.41. The maximum Gasteiger partial charge on any atom is 0.178 e. The molecule has 0 unspecified atom stereocenters. The van der Waals surface area contributed by atoms with Crippen LogP contribution in [0.3, 0.4) is 0 Å². The Kier molecular flexibility index (Phi) is 7.39. The van der Waals surface area contributed by atoms with E-state index < -0.39 is 15.4 Å². The highest BCUT2D eigenvalue weighted by atomic mass is 127. The number of sulfone groups is 1. The van der Waals surface area contributed by atoms with Gasteiger partial charge in [-0.25, -0.2) is 8.42 Å². The SMILES string of the molecule is C=C=C(C)C[C@H]1CC[C@@H]2O[C@@H](CCS(=O)(=O)c3ccccc3)C[C@]2(COI)O1. The fourth-order valence-electron chi connectivity index (χ4n) is 4.14. The Bertz CT molecular complexity index is 818. The molecule has 1 aromatic carbocycles. The minimum absolute atomic E-state index is 0.0593. The highest BCUT2D eigenvalue weighted by molar-refractivity contribution is 14.1. The van der Waals surface area contributed by atoms with Crippen LogP contribution in [0.1, 0.15) is 39.0 Å². The number of benzene rings is 1. The smallest absolute Gasteiger partial charge is 0.178 e. The Morgan fingerprint density at radius 2 is 2.07 bits per heavy atom. The lowest BCUT2D eigenvalue weighted by atomic mass is 9.86. The van der Waals surface area contributed by atoms with Crippen LogP contribution < -0.4 is 0 Å². The predicted molar refractivity (Wildman–Crippen MR) is 116 cm³/mol. The van der Waals surface area contributed by atoms with Gasteiger partial charge in [-0.2, -0.15) is 0 Å². The monoisotopic (exact) mass is 518 g/mol. The van der Waals surface area contributed by atoms with Crippen LogP contribution in [0, 0.1) is 0 Å². The molecule has 0 N–H and O–H groups in total. The summed E-state index contributed by atoms with van der Waals surface area (Å²) < 4.78 is 43.3. The molecule has 0 aromatic heterocycles. The van der Waals surface area contributed by atoms with Gasteiger partial charge < -0.3 is 12.5 Å². The van der Waals surface area contributed by atoms with Gasteiger partial charge in [-0.1, -0.05) is 24.8 Å². The first-order chi connectivity index (χ1) is 13.4. The van der Waals surface area contributed by atoms with E-state index in [1.165, 1.54) is 0 Å². The van der Waals surface area contributed by atoms with Crippen molar-refractivity contribution in [1.29, 1.82) is 0 Å². The largest absolute Gasteiger partial charge is 0.372 e. The third-order valence-electron chi connectivity index (χ3n) is 5.61. The summed E-state index contributed by atoms with van der Waals surface area (Å²) in [4.78, 5) is 0.360. The molecule has 2 heterocycles. The van der Waals surface area contributed by atoms with Crippen molar-refractivity contribution in [3.8, 4) is 0 Å². The van der Waals surface area contributed by atoms with E-state index in [4.69, 9.17) is 12.5 Å². The van der Waals surface area contributed by atoms with Crippen molar-refractivity contribution in [3.05, 3.63) is 48.2 Å². The molecular formula is C21H27IO5S. The van der Waals surface area contributed by atoms with Gasteiger partial charge in [0.05, 0.1) is 35.6 Å². The average Bonchev–Trinajstić information content (AvgIpc) is 3.05. The zero-order valence-corrected chi connectivity index (χ0v) is 19.1. The molecule has 0 amide bonds. The second kappa shape index (κ2) is 9.41. The molecule has 1 aromatic rings. The van der Waals surface area contributed by atoms with Crippen LogP contribution >= 0.6 is 23.0 Å². The van der Waals surface area contributed by atoms with Crippen molar-refractivity contribution in [2.45, 2.75) is 67.8 Å². The van der Waals surface area contributed by atoms with Crippen LogP contribution in [0.15, 0.2) is 53.1 Å². The average molecular weight is 518 g/mol. The molecule has 4 atom stereocenters. The fraction of sp³-hybridized carbons (Fsp3) is 0.571. The molecule has 2 aliphatic rings. The van der Waals surface area contributed by atoms with Gasteiger partial charge in [0.1, 0.15) is 28.6 Å². The normalized spacial score (nSPS) is 29.9. The zero-order chi connectivity index (χ0) is 20.2. The van der Waals surface area contributed by atoms with Crippen LogP contribution in [0.25, 0.3) is 0 Å². The van der Waals surface area contributed by atoms with Crippen LogP contribution in [0.4, 0.5) is 0 Å². The molecule has 0 aliphatic carbocycles. The molecular weight excluding hydrogens is 491 g/mol. The highest BCUT2D eigenvalue weighted by Gasteiger charge is 2.53. The van der Waals surface area contributed by atoms with Gasteiger partial charge in [-0.3, -0.25) is 0 Å². The first kappa shape index (κ1) is 22.0. The van der Waals surface area contributed by atoms with Gasteiger partial charge in [0.25, 0.3) is 0 Å². The first-order valence-electron chi connectivity index (χ1n) is 9.59. The quantitative estimate of drug-likeness (QED) is 0.377. The molecule has 3 rings (SSSR count). The van der Waals surface area contributed by atoms with Crippen LogP contribution in [-0.4, -0.2) is 44.7 Å². The third-order valence-corrected chi connectivity index (χ3v) is 7.69. The molecule has 7 heteroatoms. The molecule has 28 heavy (non-hydrogen) atoms. The van der Waals surface area contributed by atoms with Crippen LogP contribution in [0.2, 0.25) is 0 Å². The first-order valence-corrected chi connectivity index (χ1v) is 12.1. The number of fused-ring (bicyclic) bond motifs is 1. The number of halogens is 1. The number of ether oxygens (including phenoxy) is 2. The summed E-state index contributed by atoms with van der Waals surface area (Å²) in [6.07, 6.45) is 3.58. The van der Waals surface area contributed by atoms with Crippen molar-refractivity contribution in [3.63, 3.8) is 0 Å². The number of hydrogen-bond donors (Lipinski definition) is 0. The van der Waals surface area contributed by atoms with Crippen LogP contribution in [0.5, 0.6) is 0 Å². The Hall–Kier alpha value is -0.700. The van der Waals surface area contributed by atoms with Crippen molar-refractivity contribution in [2.24, 2.45) is 0 Å². The maximum atomic E-state index is 12.6. The molecule has 0 radical (unpaired) electrons. The van der Waals surface area contributed by atoms with E-state index >= 15 is 0 Å². The van der Waals surface area contributed by atoms with E-state index in [1.54, 1.807) is 24.3 Å². The molecule has 2 saturated heterocycles. The Labute approximate surface area is 181 Å². The summed E-state index contributed by atoms with van der Waals surface area (Å²) >= 11 is 1.89. The molecule has 2 aliphatic heterocycles. The summed E-state index contributed by atoms with van der Waals surface area (Å²) in [5.41, 5.74) is 3.51. The number of rotatable bonds is 8. The van der Waals surface area contributed by atoms with Crippen molar-refractivity contribution < 1.29 is 21.0 Å². The maximum absolute atomic E-state index is 12.6. The Balaban J connectivity index is 1.66.